The van der Waals surface area contributed by atoms with E-state index in [1.165, 1.54) is 0 Å². The van der Waals surface area contributed by atoms with E-state index in [9.17, 15) is 9.90 Å². The van der Waals surface area contributed by atoms with Gasteiger partial charge < -0.3 is 5.11 Å². The normalized spacial score (nSPS) is 12.3. The number of carboxylic acid groups (broad SMARTS) is 1. The van der Waals surface area contributed by atoms with Crippen molar-refractivity contribution in [3.05, 3.63) is 53.3 Å². The van der Waals surface area contributed by atoms with Gasteiger partial charge in [-0.1, -0.05) is 24.3 Å². The first kappa shape index (κ1) is 13.3. The second-order valence-corrected chi connectivity index (χ2v) is 4.81. The molecule has 1 unspecified atom stereocenters. The van der Waals surface area contributed by atoms with Crippen LogP contribution in [-0.2, 0) is 18.3 Å². The zero-order valence-corrected chi connectivity index (χ0v) is 11.2. The fourth-order valence-corrected chi connectivity index (χ4v) is 2.30. The number of benzene rings is 1. The summed E-state index contributed by atoms with van der Waals surface area (Å²) in [6.07, 6.45) is 5.03. The highest BCUT2D eigenvalue weighted by atomic mass is 16.4. The largest absolute Gasteiger partial charge is 0.481 e. The number of hydrogen-bond acceptors (Lipinski definition) is 2. The molecule has 0 saturated heterocycles. The average Bonchev–Trinajstić information content (AvgIpc) is 2.77. The maximum Gasteiger partial charge on any atom is 0.310 e. The minimum atomic E-state index is -0.766. The maximum absolute atomic E-state index is 11.5. The highest BCUT2D eigenvalue weighted by molar-refractivity contribution is 5.76. The summed E-state index contributed by atoms with van der Waals surface area (Å²) in [5.41, 5.74) is 3.00. The molecule has 0 aliphatic rings. The van der Waals surface area contributed by atoms with Crippen LogP contribution < -0.4 is 0 Å². The van der Waals surface area contributed by atoms with Crippen LogP contribution in [0.3, 0.4) is 0 Å². The maximum atomic E-state index is 11.5. The SMILES string of the molecule is Cc1ccccc1C(CCc1cnn(C)c1)C(=O)O. The van der Waals surface area contributed by atoms with E-state index < -0.39 is 11.9 Å². The van der Waals surface area contributed by atoms with Crippen molar-refractivity contribution >= 4 is 5.97 Å². The number of carboxylic acids is 1. The van der Waals surface area contributed by atoms with E-state index in [4.69, 9.17) is 0 Å². The van der Waals surface area contributed by atoms with Gasteiger partial charge in [0.25, 0.3) is 0 Å². The molecule has 4 nitrogen and oxygen atoms in total. The standard InChI is InChI=1S/C15H18N2O2/c1-11-5-3-4-6-13(11)14(15(18)19)8-7-12-9-16-17(2)10-12/h3-6,9-10,14H,7-8H2,1-2H3,(H,18,19). The summed E-state index contributed by atoms with van der Waals surface area (Å²) < 4.78 is 1.73. The Kier molecular flexibility index (Phi) is 4.00. The van der Waals surface area contributed by atoms with Crippen LogP contribution in [0.5, 0.6) is 0 Å². The molecule has 1 heterocycles. The van der Waals surface area contributed by atoms with Gasteiger partial charge >= 0.3 is 5.97 Å². The Morgan fingerprint density at radius 2 is 2.16 bits per heavy atom. The first-order valence-corrected chi connectivity index (χ1v) is 6.34. The van der Waals surface area contributed by atoms with Crippen molar-refractivity contribution in [1.29, 1.82) is 0 Å². The second-order valence-electron chi connectivity index (χ2n) is 4.81. The average molecular weight is 258 g/mol. The molecule has 0 spiro atoms. The molecule has 1 N–H and O–H groups in total. The molecule has 0 radical (unpaired) electrons. The van der Waals surface area contributed by atoms with Gasteiger partial charge in [-0.15, -0.1) is 0 Å². The molecule has 4 heteroatoms. The van der Waals surface area contributed by atoms with E-state index in [1.807, 2.05) is 44.4 Å². The topological polar surface area (TPSA) is 55.1 Å². The van der Waals surface area contributed by atoms with Gasteiger partial charge in [-0.2, -0.15) is 5.10 Å². The first-order chi connectivity index (χ1) is 9.08. The van der Waals surface area contributed by atoms with Crippen LogP contribution in [0.4, 0.5) is 0 Å². The van der Waals surface area contributed by atoms with Crippen molar-refractivity contribution in [3.63, 3.8) is 0 Å². The number of hydrogen-bond donors (Lipinski definition) is 1. The van der Waals surface area contributed by atoms with Crippen molar-refractivity contribution in [2.24, 2.45) is 7.05 Å². The van der Waals surface area contributed by atoms with Gasteiger partial charge in [0.1, 0.15) is 0 Å². The predicted octanol–water partition coefficient (Wildman–Crippen LogP) is 2.53. The molecule has 0 aliphatic carbocycles. The third-order valence-corrected chi connectivity index (χ3v) is 3.34. The lowest BCUT2D eigenvalue weighted by Gasteiger charge is -2.14. The summed E-state index contributed by atoms with van der Waals surface area (Å²) >= 11 is 0. The summed E-state index contributed by atoms with van der Waals surface area (Å²) in [5.74, 6) is -1.22. The fraction of sp³-hybridized carbons (Fsp3) is 0.333. The van der Waals surface area contributed by atoms with Crippen molar-refractivity contribution in [1.82, 2.24) is 9.78 Å². The molecule has 0 saturated carbocycles. The highest BCUT2D eigenvalue weighted by Gasteiger charge is 2.21. The van der Waals surface area contributed by atoms with Crippen molar-refractivity contribution in [2.45, 2.75) is 25.7 Å². The summed E-state index contributed by atoms with van der Waals surface area (Å²) in [6, 6.07) is 7.67. The lowest BCUT2D eigenvalue weighted by molar-refractivity contribution is -0.139. The Hall–Kier alpha value is -2.10. The molecule has 1 aromatic heterocycles. The number of nitrogens with zero attached hydrogens (tertiary/aromatic N) is 2. The number of aliphatic carboxylic acids is 1. The van der Waals surface area contributed by atoms with Gasteiger partial charge in [0, 0.05) is 13.2 Å². The molecule has 0 bridgehead atoms. The van der Waals surface area contributed by atoms with E-state index in [2.05, 4.69) is 5.10 Å². The predicted molar refractivity (Wildman–Crippen MR) is 73.1 cm³/mol. The molecule has 1 atom stereocenters. The number of rotatable bonds is 5. The van der Waals surface area contributed by atoms with Gasteiger partial charge in [-0.25, -0.2) is 0 Å². The Labute approximate surface area is 112 Å². The van der Waals surface area contributed by atoms with Gasteiger partial charge in [-0.3, -0.25) is 9.48 Å². The van der Waals surface area contributed by atoms with Crippen LogP contribution >= 0.6 is 0 Å². The van der Waals surface area contributed by atoms with E-state index in [0.29, 0.717) is 6.42 Å². The molecular formula is C15H18N2O2. The van der Waals surface area contributed by atoms with Crippen molar-refractivity contribution in [2.75, 3.05) is 0 Å². The summed E-state index contributed by atoms with van der Waals surface area (Å²) in [7, 11) is 1.86. The van der Waals surface area contributed by atoms with Crippen LogP contribution in [0.25, 0.3) is 0 Å². The Bertz CT molecular complexity index is 575. The summed E-state index contributed by atoms with van der Waals surface area (Å²) in [5, 5.41) is 13.5. The highest BCUT2D eigenvalue weighted by Crippen LogP contribution is 2.25. The van der Waals surface area contributed by atoms with Gasteiger partial charge in [-0.05, 0) is 36.5 Å². The smallest absolute Gasteiger partial charge is 0.310 e. The van der Waals surface area contributed by atoms with Crippen LogP contribution in [0, 0.1) is 6.92 Å². The lowest BCUT2D eigenvalue weighted by atomic mass is 9.90. The second kappa shape index (κ2) is 5.69. The monoisotopic (exact) mass is 258 g/mol. The third-order valence-electron chi connectivity index (χ3n) is 3.34. The number of aryl methyl sites for hydroxylation is 3. The van der Waals surface area contributed by atoms with E-state index in [-0.39, 0.29) is 0 Å². The minimum Gasteiger partial charge on any atom is -0.481 e. The van der Waals surface area contributed by atoms with Gasteiger partial charge in [0.05, 0.1) is 12.1 Å². The Balaban J connectivity index is 2.13. The molecule has 0 fully saturated rings. The molecule has 0 aliphatic heterocycles. The Morgan fingerprint density at radius 1 is 1.42 bits per heavy atom. The fourth-order valence-electron chi connectivity index (χ4n) is 2.30. The molecule has 100 valence electrons. The summed E-state index contributed by atoms with van der Waals surface area (Å²) in [6.45, 7) is 1.95. The lowest BCUT2D eigenvalue weighted by Crippen LogP contribution is -2.13. The molecule has 0 amide bonds. The minimum absolute atomic E-state index is 0.457. The molecular weight excluding hydrogens is 240 g/mol. The molecule has 2 rings (SSSR count). The number of aromatic nitrogens is 2. The van der Waals surface area contributed by atoms with E-state index in [0.717, 1.165) is 23.1 Å². The molecule has 2 aromatic rings. The molecule has 19 heavy (non-hydrogen) atoms. The quantitative estimate of drug-likeness (QED) is 0.896. The van der Waals surface area contributed by atoms with Crippen molar-refractivity contribution in [3.8, 4) is 0 Å². The zero-order valence-electron chi connectivity index (χ0n) is 11.2. The van der Waals surface area contributed by atoms with E-state index in [1.54, 1.807) is 10.9 Å². The summed E-state index contributed by atoms with van der Waals surface area (Å²) in [4.78, 5) is 11.5. The van der Waals surface area contributed by atoms with E-state index >= 15 is 0 Å². The van der Waals surface area contributed by atoms with Crippen LogP contribution in [0.1, 0.15) is 29.0 Å². The van der Waals surface area contributed by atoms with Gasteiger partial charge in [0.15, 0.2) is 0 Å². The zero-order chi connectivity index (χ0) is 13.8. The first-order valence-electron chi connectivity index (χ1n) is 6.34. The van der Waals surface area contributed by atoms with Crippen LogP contribution in [0.2, 0.25) is 0 Å². The van der Waals surface area contributed by atoms with Gasteiger partial charge in [0.2, 0.25) is 0 Å². The molecule has 1 aromatic carbocycles. The van der Waals surface area contributed by atoms with Crippen LogP contribution in [0.15, 0.2) is 36.7 Å². The van der Waals surface area contributed by atoms with Crippen molar-refractivity contribution < 1.29 is 9.90 Å². The number of carbonyl (C=O) groups is 1. The Morgan fingerprint density at radius 3 is 2.74 bits per heavy atom. The third kappa shape index (κ3) is 3.22. The van der Waals surface area contributed by atoms with Crippen LogP contribution in [-0.4, -0.2) is 20.9 Å².